The van der Waals surface area contributed by atoms with Gasteiger partial charge in [-0.1, -0.05) is 0 Å². The molecule has 4 nitrogen and oxygen atoms in total. The zero-order valence-electron chi connectivity index (χ0n) is 6.74. The van der Waals surface area contributed by atoms with Gasteiger partial charge in [0.2, 0.25) is 0 Å². The Hall–Kier alpha value is -1.97. The second kappa shape index (κ2) is 2.52. The highest BCUT2D eigenvalue weighted by molar-refractivity contribution is 6.01. The smallest absolute Gasteiger partial charge is 0.137 e. The van der Waals surface area contributed by atoms with Crippen molar-refractivity contribution in [3.8, 4) is 5.75 Å². The number of furan rings is 1. The normalized spacial score (nSPS) is 10.5. The molecule has 66 valence electrons. The fourth-order valence-corrected chi connectivity index (χ4v) is 1.21. The zero-order valence-corrected chi connectivity index (χ0v) is 6.74. The Morgan fingerprint density at radius 2 is 2.23 bits per heavy atom. The Balaban J connectivity index is 2.76. The van der Waals surface area contributed by atoms with E-state index in [1.165, 1.54) is 12.3 Å². The molecule has 4 heteroatoms. The van der Waals surface area contributed by atoms with Crippen molar-refractivity contribution in [3.05, 3.63) is 30.0 Å². The molecule has 1 aromatic carbocycles. The van der Waals surface area contributed by atoms with Gasteiger partial charge in [0.05, 0.1) is 11.8 Å². The minimum atomic E-state index is -0.152. The van der Waals surface area contributed by atoms with Crippen LogP contribution in [0.15, 0.2) is 28.9 Å². The van der Waals surface area contributed by atoms with Crippen LogP contribution in [0.3, 0.4) is 0 Å². The number of nitrogens with two attached hydrogens (primary N) is 1. The molecule has 1 heterocycles. The van der Waals surface area contributed by atoms with Gasteiger partial charge in [-0.3, -0.25) is 5.41 Å². The highest BCUT2D eigenvalue weighted by Gasteiger charge is 2.07. The van der Waals surface area contributed by atoms with E-state index < -0.39 is 0 Å². The summed E-state index contributed by atoms with van der Waals surface area (Å²) in [5, 5.41) is 17.4. The monoisotopic (exact) mass is 176 g/mol. The van der Waals surface area contributed by atoms with E-state index in [4.69, 9.17) is 15.6 Å². The van der Waals surface area contributed by atoms with Crippen molar-refractivity contribution in [2.45, 2.75) is 0 Å². The Morgan fingerprint density at radius 1 is 1.46 bits per heavy atom. The third-order valence-electron chi connectivity index (χ3n) is 1.86. The van der Waals surface area contributed by atoms with E-state index in [9.17, 15) is 5.11 Å². The summed E-state index contributed by atoms with van der Waals surface area (Å²) >= 11 is 0. The number of aromatic hydroxyl groups is 1. The van der Waals surface area contributed by atoms with Gasteiger partial charge in [0.15, 0.2) is 0 Å². The van der Waals surface area contributed by atoms with Crippen LogP contribution in [0.25, 0.3) is 11.0 Å². The van der Waals surface area contributed by atoms with Crippen molar-refractivity contribution >= 4 is 16.8 Å². The number of fused-ring (bicyclic) bond motifs is 1. The summed E-state index contributed by atoms with van der Waals surface area (Å²) in [6.45, 7) is 0. The lowest BCUT2D eigenvalue weighted by Crippen LogP contribution is -2.10. The lowest BCUT2D eigenvalue weighted by Gasteiger charge is -2.01. The summed E-state index contributed by atoms with van der Waals surface area (Å²) in [7, 11) is 0. The van der Waals surface area contributed by atoms with E-state index in [-0.39, 0.29) is 11.6 Å². The van der Waals surface area contributed by atoms with E-state index in [2.05, 4.69) is 0 Å². The number of nitrogen functional groups attached to an aromatic ring is 1. The molecule has 0 radical (unpaired) electrons. The number of amidine groups is 1. The molecule has 0 saturated heterocycles. The molecule has 0 aliphatic heterocycles. The second-order valence-corrected chi connectivity index (χ2v) is 2.74. The fraction of sp³-hybridized carbons (Fsp3) is 0. The maximum Gasteiger partial charge on any atom is 0.137 e. The summed E-state index contributed by atoms with van der Waals surface area (Å²) in [6, 6.07) is 4.82. The van der Waals surface area contributed by atoms with Crippen LogP contribution in [0.1, 0.15) is 5.56 Å². The number of nitrogens with one attached hydrogen (secondary N) is 1. The molecule has 0 bridgehead atoms. The van der Waals surface area contributed by atoms with Crippen LogP contribution in [0.5, 0.6) is 5.75 Å². The van der Waals surface area contributed by atoms with E-state index in [1.807, 2.05) is 0 Å². The minimum Gasteiger partial charge on any atom is -0.507 e. The zero-order chi connectivity index (χ0) is 9.42. The predicted molar refractivity (Wildman–Crippen MR) is 48.9 cm³/mol. The Morgan fingerprint density at radius 3 is 2.92 bits per heavy atom. The van der Waals surface area contributed by atoms with Crippen LogP contribution in [-0.4, -0.2) is 10.9 Å². The lowest BCUT2D eigenvalue weighted by atomic mass is 10.1. The van der Waals surface area contributed by atoms with Crippen LogP contribution in [0.4, 0.5) is 0 Å². The van der Waals surface area contributed by atoms with Gasteiger partial charge in [0, 0.05) is 11.5 Å². The standard InChI is InChI=1S/C9H8N2O2/c10-9(11)6-3-5-1-2-13-8(5)4-7(6)12/h1-4,12H,(H3,10,11). The van der Waals surface area contributed by atoms with Gasteiger partial charge in [-0.2, -0.15) is 0 Å². The van der Waals surface area contributed by atoms with Crippen LogP contribution >= 0.6 is 0 Å². The van der Waals surface area contributed by atoms with Crippen molar-refractivity contribution in [1.29, 1.82) is 5.41 Å². The number of phenolic OH excluding ortho intramolecular Hbond substituents is 1. The van der Waals surface area contributed by atoms with E-state index in [0.717, 1.165) is 5.39 Å². The first kappa shape index (κ1) is 7.67. The molecule has 1 aromatic heterocycles. The highest BCUT2D eigenvalue weighted by Crippen LogP contribution is 2.25. The van der Waals surface area contributed by atoms with Crippen molar-refractivity contribution in [2.24, 2.45) is 5.73 Å². The molecule has 0 saturated carbocycles. The molecule has 0 aliphatic carbocycles. The van der Waals surface area contributed by atoms with Crippen LogP contribution in [-0.2, 0) is 0 Å². The third-order valence-corrected chi connectivity index (χ3v) is 1.86. The first-order valence-electron chi connectivity index (χ1n) is 3.73. The molecule has 2 rings (SSSR count). The summed E-state index contributed by atoms with van der Waals surface area (Å²) < 4.78 is 5.06. The Kier molecular flexibility index (Phi) is 1.48. The summed E-state index contributed by atoms with van der Waals surface area (Å²) in [5.41, 5.74) is 6.18. The average molecular weight is 176 g/mol. The molecule has 0 aliphatic rings. The fourth-order valence-electron chi connectivity index (χ4n) is 1.21. The number of benzene rings is 1. The minimum absolute atomic E-state index is 0.0325. The quantitative estimate of drug-likeness (QED) is 0.454. The second-order valence-electron chi connectivity index (χ2n) is 2.74. The van der Waals surface area contributed by atoms with E-state index in [1.54, 1.807) is 12.1 Å². The average Bonchev–Trinajstić information content (AvgIpc) is 2.48. The van der Waals surface area contributed by atoms with E-state index >= 15 is 0 Å². The summed E-state index contributed by atoms with van der Waals surface area (Å²) in [4.78, 5) is 0. The molecule has 2 aromatic rings. The number of hydrogen-bond donors (Lipinski definition) is 3. The van der Waals surface area contributed by atoms with E-state index in [0.29, 0.717) is 11.1 Å². The number of rotatable bonds is 1. The van der Waals surface area contributed by atoms with Gasteiger partial charge in [-0.05, 0) is 12.1 Å². The number of phenols is 1. The lowest BCUT2D eigenvalue weighted by molar-refractivity contribution is 0.473. The summed E-state index contributed by atoms with van der Waals surface area (Å²) in [5.74, 6) is -0.185. The first-order chi connectivity index (χ1) is 6.18. The van der Waals surface area contributed by atoms with Gasteiger partial charge in [0.1, 0.15) is 17.2 Å². The topological polar surface area (TPSA) is 83.2 Å². The Bertz CT molecular complexity index is 473. The first-order valence-corrected chi connectivity index (χ1v) is 3.73. The molecule has 0 spiro atoms. The van der Waals surface area contributed by atoms with Gasteiger partial charge in [-0.15, -0.1) is 0 Å². The van der Waals surface area contributed by atoms with Crippen molar-refractivity contribution in [2.75, 3.05) is 0 Å². The van der Waals surface area contributed by atoms with Crippen molar-refractivity contribution < 1.29 is 9.52 Å². The van der Waals surface area contributed by atoms with Gasteiger partial charge in [-0.25, -0.2) is 0 Å². The summed E-state index contributed by atoms with van der Waals surface area (Å²) in [6.07, 6.45) is 1.52. The van der Waals surface area contributed by atoms with Crippen LogP contribution in [0.2, 0.25) is 0 Å². The molecule has 0 amide bonds. The van der Waals surface area contributed by atoms with Gasteiger partial charge >= 0.3 is 0 Å². The highest BCUT2D eigenvalue weighted by atomic mass is 16.3. The predicted octanol–water partition coefficient (Wildman–Crippen LogP) is 1.42. The molecular weight excluding hydrogens is 168 g/mol. The van der Waals surface area contributed by atoms with Gasteiger partial charge < -0.3 is 15.3 Å². The maximum absolute atomic E-state index is 9.42. The van der Waals surface area contributed by atoms with Crippen molar-refractivity contribution in [3.63, 3.8) is 0 Å². The third kappa shape index (κ3) is 1.12. The van der Waals surface area contributed by atoms with Crippen LogP contribution in [0, 0.1) is 5.41 Å². The molecule has 0 fully saturated rings. The van der Waals surface area contributed by atoms with Crippen LogP contribution < -0.4 is 5.73 Å². The molecule has 13 heavy (non-hydrogen) atoms. The largest absolute Gasteiger partial charge is 0.507 e. The molecule has 4 N–H and O–H groups in total. The SMILES string of the molecule is N=C(N)c1cc2ccoc2cc1O. The van der Waals surface area contributed by atoms with Crippen molar-refractivity contribution in [1.82, 2.24) is 0 Å². The molecule has 0 atom stereocenters. The number of hydrogen-bond acceptors (Lipinski definition) is 3. The van der Waals surface area contributed by atoms with Gasteiger partial charge in [0.25, 0.3) is 0 Å². The Labute approximate surface area is 74.1 Å². The molecule has 0 unspecified atom stereocenters. The maximum atomic E-state index is 9.42. The molecular formula is C9H8N2O2.